The highest BCUT2D eigenvalue weighted by atomic mass is 79.9. The van der Waals surface area contributed by atoms with E-state index in [0.29, 0.717) is 12.1 Å². The molecule has 2 rings (SSSR count). The van der Waals surface area contributed by atoms with Gasteiger partial charge in [0, 0.05) is 17.1 Å². The molecule has 20 heavy (non-hydrogen) atoms. The molecule has 2 unspecified atom stereocenters. The van der Waals surface area contributed by atoms with E-state index in [4.69, 9.17) is 4.74 Å². The van der Waals surface area contributed by atoms with E-state index in [9.17, 15) is 0 Å². The molecule has 0 radical (unpaired) electrons. The van der Waals surface area contributed by atoms with E-state index in [-0.39, 0.29) is 0 Å². The van der Waals surface area contributed by atoms with Gasteiger partial charge >= 0.3 is 0 Å². The third kappa shape index (κ3) is 4.06. The SMILES string of the molecule is CCCNC(CC1CCCO1)c1cc(C)c(Br)cc1C. The number of aryl methyl sites for hydroxylation is 2. The second-order valence-corrected chi connectivity index (χ2v) is 6.69. The molecule has 3 heteroatoms. The Labute approximate surface area is 131 Å². The Hall–Kier alpha value is -0.380. The lowest BCUT2D eigenvalue weighted by atomic mass is 9.94. The van der Waals surface area contributed by atoms with Gasteiger partial charge in [0.1, 0.15) is 0 Å². The Morgan fingerprint density at radius 2 is 2.15 bits per heavy atom. The van der Waals surface area contributed by atoms with Gasteiger partial charge in [-0.05, 0) is 68.8 Å². The zero-order chi connectivity index (χ0) is 14.5. The summed E-state index contributed by atoms with van der Waals surface area (Å²) in [5.41, 5.74) is 4.09. The summed E-state index contributed by atoms with van der Waals surface area (Å²) < 4.78 is 7.03. The first-order valence-corrected chi connectivity index (χ1v) is 8.52. The molecule has 1 aliphatic rings. The summed E-state index contributed by atoms with van der Waals surface area (Å²) in [5, 5.41) is 3.70. The summed E-state index contributed by atoms with van der Waals surface area (Å²) in [5.74, 6) is 0. The van der Waals surface area contributed by atoms with E-state index in [2.05, 4.69) is 54.2 Å². The molecule has 0 bridgehead atoms. The lowest BCUT2D eigenvalue weighted by Crippen LogP contribution is -2.27. The zero-order valence-electron chi connectivity index (χ0n) is 12.8. The van der Waals surface area contributed by atoms with Crippen LogP contribution in [-0.4, -0.2) is 19.3 Å². The van der Waals surface area contributed by atoms with Gasteiger partial charge in [-0.15, -0.1) is 0 Å². The van der Waals surface area contributed by atoms with E-state index >= 15 is 0 Å². The quantitative estimate of drug-likeness (QED) is 0.812. The van der Waals surface area contributed by atoms with Gasteiger partial charge in [0.2, 0.25) is 0 Å². The predicted molar refractivity (Wildman–Crippen MR) is 88.2 cm³/mol. The molecule has 1 aliphatic heterocycles. The largest absolute Gasteiger partial charge is 0.378 e. The molecular formula is C17H26BrNO. The fourth-order valence-electron chi connectivity index (χ4n) is 2.91. The fraction of sp³-hybridized carbons (Fsp3) is 0.647. The van der Waals surface area contributed by atoms with E-state index in [1.165, 1.54) is 34.0 Å². The Morgan fingerprint density at radius 1 is 1.35 bits per heavy atom. The van der Waals surface area contributed by atoms with Crippen LogP contribution in [0.1, 0.15) is 55.3 Å². The van der Waals surface area contributed by atoms with Gasteiger partial charge < -0.3 is 10.1 Å². The van der Waals surface area contributed by atoms with Gasteiger partial charge in [-0.3, -0.25) is 0 Å². The Bertz CT molecular complexity index is 441. The lowest BCUT2D eigenvalue weighted by molar-refractivity contribution is 0.0945. The van der Waals surface area contributed by atoms with Crippen LogP contribution in [-0.2, 0) is 4.74 Å². The smallest absolute Gasteiger partial charge is 0.0594 e. The topological polar surface area (TPSA) is 21.3 Å². The average molecular weight is 340 g/mol. The van der Waals surface area contributed by atoms with Crippen molar-refractivity contribution in [1.82, 2.24) is 5.32 Å². The monoisotopic (exact) mass is 339 g/mol. The van der Waals surface area contributed by atoms with Crippen LogP contribution >= 0.6 is 15.9 Å². The molecule has 0 spiro atoms. The Balaban J connectivity index is 2.18. The molecular weight excluding hydrogens is 314 g/mol. The van der Waals surface area contributed by atoms with Crippen molar-refractivity contribution in [3.63, 3.8) is 0 Å². The van der Waals surface area contributed by atoms with Crippen LogP contribution in [0.2, 0.25) is 0 Å². The summed E-state index contributed by atoms with van der Waals surface area (Å²) in [4.78, 5) is 0. The molecule has 1 fully saturated rings. The van der Waals surface area contributed by atoms with E-state index in [1.807, 2.05) is 0 Å². The van der Waals surface area contributed by atoms with Crippen molar-refractivity contribution in [1.29, 1.82) is 0 Å². The minimum atomic E-state index is 0.407. The molecule has 2 atom stereocenters. The van der Waals surface area contributed by atoms with Crippen molar-refractivity contribution in [2.75, 3.05) is 13.2 Å². The summed E-state index contributed by atoms with van der Waals surface area (Å²) in [6, 6.07) is 4.97. The van der Waals surface area contributed by atoms with Crippen LogP contribution in [0.15, 0.2) is 16.6 Å². The molecule has 1 heterocycles. The first-order valence-electron chi connectivity index (χ1n) is 7.73. The van der Waals surface area contributed by atoms with Crippen LogP contribution in [0.4, 0.5) is 0 Å². The number of nitrogens with one attached hydrogen (secondary N) is 1. The number of hydrogen-bond donors (Lipinski definition) is 1. The third-order valence-electron chi connectivity index (χ3n) is 4.09. The van der Waals surface area contributed by atoms with Crippen molar-refractivity contribution in [3.8, 4) is 0 Å². The second kappa shape index (κ2) is 7.58. The molecule has 1 N–H and O–H groups in total. The van der Waals surface area contributed by atoms with Gasteiger partial charge in [-0.25, -0.2) is 0 Å². The minimum Gasteiger partial charge on any atom is -0.378 e. The van der Waals surface area contributed by atoms with Crippen molar-refractivity contribution in [2.45, 2.75) is 58.6 Å². The number of halogens is 1. The summed E-state index contributed by atoms with van der Waals surface area (Å²) >= 11 is 3.63. The number of hydrogen-bond acceptors (Lipinski definition) is 2. The second-order valence-electron chi connectivity index (χ2n) is 5.84. The maximum Gasteiger partial charge on any atom is 0.0594 e. The Morgan fingerprint density at radius 3 is 2.80 bits per heavy atom. The molecule has 2 nitrogen and oxygen atoms in total. The summed E-state index contributed by atoms with van der Waals surface area (Å²) in [6.45, 7) is 8.58. The number of benzene rings is 1. The molecule has 0 amide bonds. The first kappa shape index (κ1) is 16.0. The van der Waals surface area contributed by atoms with Gasteiger partial charge in [-0.1, -0.05) is 28.9 Å². The summed E-state index contributed by atoms with van der Waals surface area (Å²) in [6.07, 6.45) is 5.09. The van der Waals surface area contributed by atoms with E-state index < -0.39 is 0 Å². The molecule has 0 saturated carbocycles. The average Bonchev–Trinajstić information content (AvgIpc) is 2.92. The van der Waals surface area contributed by atoms with Gasteiger partial charge in [0.15, 0.2) is 0 Å². The van der Waals surface area contributed by atoms with Gasteiger partial charge in [-0.2, -0.15) is 0 Å². The Kier molecular flexibility index (Phi) is 6.06. The van der Waals surface area contributed by atoms with Crippen molar-refractivity contribution < 1.29 is 4.74 Å². The molecule has 112 valence electrons. The standard InChI is InChI=1S/C17H26BrNO/c1-4-7-19-17(11-14-6-5-8-20-14)15-9-13(3)16(18)10-12(15)2/h9-10,14,17,19H,4-8,11H2,1-3H3. The highest BCUT2D eigenvalue weighted by molar-refractivity contribution is 9.10. The predicted octanol–water partition coefficient (Wildman–Crippen LogP) is 4.68. The number of ether oxygens (including phenoxy) is 1. The van der Waals surface area contributed by atoms with Crippen LogP contribution in [0.5, 0.6) is 0 Å². The van der Waals surface area contributed by atoms with Crippen molar-refractivity contribution in [2.24, 2.45) is 0 Å². The molecule has 0 aromatic heterocycles. The van der Waals surface area contributed by atoms with Crippen LogP contribution in [0.25, 0.3) is 0 Å². The van der Waals surface area contributed by atoms with E-state index in [0.717, 1.165) is 26.0 Å². The highest BCUT2D eigenvalue weighted by Crippen LogP contribution is 2.30. The molecule has 1 aromatic rings. The summed E-state index contributed by atoms with van der Waals surface area (Å²) in [7, 11) is 0. The van der Waals surface area contributed by atoms with Crippen molar-refractivity contribution in [3.05, 3.63) is 33.3 Å². The van der Waals surface area contributed by atoms with Crippen LogP contribution < -0.4 is 5.32 Å². The van der Waals surface area contributed by atoms with E-state index in [1.54, 1.807) is 0 Å². The zero-order valence-corrected chi connectivity index (χ0v) is 14.4. The van der Waals surface area contributed by atoms with Crippen LogP contribution in [0, 0.1) is 13.8 Å². The highest BCUT2D eigenvalue weighted by Gasteiger charge is 2.23. The van der Waals surface area contributed by atoms with Gasteiger partial charge in [0.05, 0.1) is 6.10 Å². The third-order valence-corrected chi connectivity index (χ3v) is 4.94. The van der Waals surface area contributed by atoms with Crippen molar-refractivity contribution >= 4 is 15.9 Å². The van der Waals surface area contributed by atoms with Gasteiger partial charge in [0.25, 0.3) is 0 Å². The first-order chi connectivity index (χ1) is 9.61. The lowest BCUT2D eigenvalue weighted by Gasteiger charge is -2.24. The molecule has 1 aromatic carbocycles. The van der Waals surface area contributed by atoms with Crippen LogP contribution in [0.3, 0.4) is 0 Å². The fourth-order valence-corrected chi connectivity index (χ4v) is 3.37. The molecule has 0 aliphatic carbocycles. The maximum absolute atomic E-state index is 5.83. The molecule has 1 saturated heterocycles. The normalized spacial score (nSPS) is 20.3. The minimum absolute atomic E-state index is 0.407. The number of rotatable bonds is 6. The maximum atomic E-state index is 5.83.